The minimum Gasteiger partial charge on any atom is -0.352 e. The fourth-order valence-electron chi connectivity index (χ4n) is 8.46. The van der Waals surface area contributed by atoms with Crippen LogP contribution in [0.5, 0.6) is 0 Å². The molecule has 74 heavy (non-hydrogen) atoms. The largest absolute Gasteiger partial charge is 0.352 e. The molecule has 0 bridgehead atoms. The van der Waals surface area contributed by atoms with E-state index in [0.717, 1.165) is 9.80 Å². The van der Waals surface area contributed by atoms with Crippen molar-refractivity contribution in [3.63, 3.8) is 0 Å². The van der Waals surface area contributed by atoms with Gasteiger partial charge in [0.1, 0.15) is 47.6 Å². The second-order valence-electron chi connectivity index (χ2n) is 20.8. The van der Waals surface area contributed by atoms with Gasteiger partial charge in [0.25, 0.3) is 11.8 Å². The second-order valence-corrected chi connectivity index (χ2v) is 20.8. The van der Waals surface area contributed by atoms with E-state index in [2.05, 4.69) is 31.2 Å². The Morgan fingerprint density at radius 3 is 1.08 bits per heavy atom. The van der Waals surface area contributed by atoms with Crippen molar-refractivity contribution in [2.45, 2.75) is 117 Å². The molecule has 10 amide bonds. The van der Waals surface area contributed by atoms with Gasteiger partial charge in [0.05, 0.1) is 13.1 Å². The van der Waals surface area contributed by atoms with Crippen molar-refractivity contribution in [1.29, 1.82) is 0 Å². The number of nitrogens with zero attached hydrogens (tertiary/aromatic N) is 8. The average Bonchev–Trinajstić information content (AvgIpc) is 3.35. The maximum absolute atomic E-state index is 14.7. The number of carbonyl (C=O) groups is 10. The highest BCUT2D eigenvalue weighted by Crippen LogP contribution is 2.19. The summed E-state index contributed by atoms with van der Waals surface area (Å²) in [6, 6.07) is 1.76. The molecule has 4 N–H and O–H groups in total. The summed E-state index contributed by atoms with van der Waals surface area (Å²) in [5.74, 6) is -7.39. The van der Waals surface area contributed by atoms with Crippen LogP contribution < -0.4 is 21.3 Å². The Kier molecular flexibility index (Phi) is 23.6. The Labute approximate surface area is 436 Å². The van der Waals surface area contributed by atoms with E-state index in [0.29, 0.717) is 0 Å². The standard InChI is InChI=1S/C52H80N12O10/c1-31(2)23-39-47(69)55-27-37(57-45(67)35-19-15-17-21-53-35)49(71)63(13)42(26-34(7)8)52(74)60(10)30-44(66)62(12)40(24-32(3)4)48(70)56-28-38(58-46(68)36-20-16-18-22-54-36)50(72)64(14)41(25-33(5)6)51(73)59(9)29-43(65)61(39)11/h15-22,31-34,37-42H,23-30H2,1-14H3,(H,55,69)(H,56,70)(H,57,67)(H,58,68)/t37-,38-,39-,40-,41-,42-/m0/s1. The Balaban J connectivity index is 2.21. The molecule has 2 aromatic heterocycles. The highest BCUT2D eigenvalue weighted by Gasteiger charge is 2.40. The minimum atomic E-state index is -1.46. The van der Waals surface area contributed by atoms with Crippen molar-refractivity contribution in [3.05, 3.63) is 60.2 Å². The van der Waals surface area contributed by atoms with Gasteiger partial charge in [-0.2, -0.15) is 0 Å². The van der Waals surface area contributed by atoms with Gasteiger partial charge in [0.2, 0.25) is 47.3 Å². The van der Waals surface area contributed by atoms with Crippen LogP contribution in [-0.2, 0) is 38.4 Å². The Bertz CT molecular complexity index is 2120. The van der Waals surface area contributed by atoms with E-state index in [-0.39, 0.29) is 60.7 Å². The van der Waals surface area contributed by atoms with Crippen molar-refractivity contribution in [1.82, 2.24) is 60.6 Å². The van der Waals surface area contributed by atoms with Crippen LogP contribution in [0.3, 0.4) is 0 Å². The van der Waals surface area contributed by atoms with Crippen molar-refractivity contribution >= 4 is 59.1 Å². The number of hydrogen-bond acceptors (Lipinski definition) is 12. The molecule has 408 valence electrons. The van der Waals surface area contributed by atoms with Crippen LogP contribution in [0.1, 0.15) is 102 Å². The van der Waals surface area contributed by atoms with Gasteiger partial charge in [-0.3, -0.25) is 57.9 Å². The van der Waals surface area contributed by atoms with Crippen LogP contribution in [0.4, 0.5) is 0 Å². The van der Waals surface area contributed by atoms with Crippen molar-refractivity contribution in [2.24, 2.45) is 23.7 Å². The second kappa shape index (κ2) is 28.5. The summed E-state index contributed by atoms with van der Waals surface area (Å²) in [6.07, 6.45) is 3.37. The van der Waals surface area contributed by atoms with E-state index in [1.807, 2.05) is 55.4 Å². The van der Waals surface area contributed by atoms with Crippen molar-refractivity contribution in [2.75, 3.05) is 68.5 Å². The normalized spacial score (nSPS) is 22.5. The molecular formula is C52H80N12O10. The molecule has 2 aromatic rings. The van der Waals surface area contributed by atoms with Gasteiger partial charge in [0.15, 0.2) is 0 Å². The van der Waals surface area contributed by atoms with Crippen LogP contribution in [0.25, 0.3) is 0 Å². The molecule has 0 saturated carbocycles. The predicted octanol–water partition coefficient (Wildman–Crippen LogP) is 1.03. The zero-order valence-corrected chi connectivity index (χ0v) is 45.7. The summed E-state index contributed by atoms with van der Waals surface area (Å²) in [7, 11) is 8.40. The first kappa shape index (κ1) is 61.3. The summed E-state index contributed by atoms with van der Waals surface area (Å²) < 4.78 is 0. The van der Waals surface area contributed by atoms with Crippen LogP contribution in [0, 0.1) is 23.7 Å². The lowest BCUT2D eigenvalue weighted by Gasteiger charge is -2.36. The molecule has 6 atom stereocenters. The molecule has 0 spiro atoms. The Hall–Kier alpha value is -7.00. The zero-order valence-electron chi connectivity index (χ0n) is 45.7. The van der Waals surface area contributed by atoms with E-state index < -0.39 is 122 Å². The van der Waals surface area contributed by atoms with Gasteiger partial charge in [-0.05, 0) is 73.6 Å². The average molecular weight is 1030 g/mol. The number of hydrogen-bond donors (Lipinski definition) is 4. The summed E-state index contributed by atoms with van der Waals surface area (Å²) in [5.41, 5.74) is -0.0427. The molecule has 0 radical (unpaired) electrons. The lowest BCUT2D eigenvalue weighted by molar-refractivity contribution is -0.149. The number of rotatable bonds is 12. The van der Waals surface area contributed by atoms with Crippen LogP contribution in [-0.4, -0.2) is 203 Å². The molecule has 1 fully saturated rings. The molecule has 22 nitrogen and oxygen atoms in total. The van der Waals surface area contributed by atoms with Gasteiger partial charge >= 0.3 is 0 Å². The number of amides is 10. The number of aromatic nitrogens is 2. The van der Waals surface area contributed by atoms with E-state index in [1.54, 1.807) is 24.3 Å². The van der Waals surface area contributed by atoms with Gasteiger partial charge < -0.3 is 50.7 Å². The molecular weight excluding hydrogens is 953 g/mol. The van der Waals surface area contributed by atoms with Crippen molar-refractivity contribution < 1.29 is 47.9 Å². The summed E-state index contributed by atoms with van der Waals surface area (Å²) in [4.78, 5) is 158. The van der Waals surface area contributed by atoms with Crippen LogP contribution >= 0.6 is 0 Å². The first-order valence-corrected chi connectivity index (χ1v) is 25.2. The molecule has 3 rings (SSSR count). The topological polar surface area (TPSA) is 264 Å². The molecule has 0 aromatic carbocycles. The Morgan fingerprint density at radius 2 is 0.797 bits per heavy atom. The number of nitrogens with one attached hydrogen (secondary N) is 4. The molecule has 0 aliphatic carbocycles. The third-order valence-corrected chi connectivity index (χ3v) is 12.8. The minimum absolute atomic E-state index is 0.0213. The number of pyridine rings is 2. The monoisotopic (exact) mass is 1030 g/mol. The quantitative estimate of drug-likeness (QED) is 0.233. The molecule has 1 aliphatic heterocycles. The molecule has 1 aliphatic rings. The summed E-state index contributed by atoms with van der Waals surface area (Å²) in [6.45, 7) is 12.8. The van der Waals surface area contributed by atoms with E-state index in [4.69, 9.17) is 0 Å². The zero-order chi connectivity index (χ0) is 55.7. The van der Waals surface area contributed by atoms with Gasteiger partial charge in [-0.1, -0.05) is 67.5 Å². The van der Waals surface area contributed by atoms with E-state index >= 15 is 0 Å². The maximum Gasteiger partial charge on any atom is 0.270 e. The van der Waals surface area contributed by atoms with Gasteiger partial charge in [-0.25, -0.2) is 0 Å². The van der Waals surface area contributed by atoms with E-state index in [9.17, 15) is 47.9 Å². The first-order valence-electron chi connectivity index (χ1n) is 25.2. The SMILES string of the molecule is CC(C)C[C@H]1C(=O)NC[C@H](NC(=O)c2ccccn2)C(=O)N(C)[C@@H](CC(C)C)C(=O)N(C)CC(=O)N(C)[C@@H](CC(C)C)C(=O)NC[C@H](NC(=O)c2ccccn2)C(=O)N(C)[C@@H](CC(C)C)C(=O)N(C)CC(=O)N1C. The van der Waals surface area contributed by atoms with Crippen molar-refractivity contribution in [3.8, 4) is 0 Å². The highest BCUT2D eigenvalue weighted by atomic mass is 16.2. The molecule has 3 heterocycles. The fourth-order valence-corrected chi connectivity index (χ4v) is 8.46. The maximum atomic E-state index is 14.7. The predicted molar refractivity (Wildman–Crippen MR) is 276 cm³/mol. The molecule has 22 heteroatoms. The van der Waals surface area contributed by atoms with Crippen LogP contribution in [0.15, 0.2) is 48.8 Å². The first-order chi connectivity index (χ1) is 34.7. The number of carbonyl (C=O) groups excluding carboxylic acids is 10. The van der Waals surface area contributed by atoms with Gasteiger partial charge in [0, 0.05) is 67.8 Å². The Morgan fingerprint density at radius 1 is 0.486 bits per heavy atom. The molecule has 0 unspecified atom stereocenters. The summed E-state index contributed by atoms with van der Waals surface area (Å²) >= 11 is 0. The smallest absolute Gasteiger partial charge is 0.270 e. The third-order valence-electron chi connectivity index (χ3n) is 12.8. The van der Waals surface area contributed by atoms with Gasteiger partial charge in [-0.15, -0.1) is 0 Å². The fraction of sp³-hybridized carbons (Fsp3) is 0.615. The van der Waals surface area contributed by atoms with Crippen LogP contribution in [0.2, 0.25) is 0 Å². The highest BCUT2D eigenvalue weighted by molar-refractivity contribution is 6.00. The number of likely N-dealkylation sites (N-methyl/N-ethyl adjacent to an activating group) is 6. The summed E-state index contributed by atoms with van der Waals surface area (Å²) in [5, 5.41) is 10.8. The van der Waals surface area contributed by atoms with E-state index in [1.165, 1.54) is 86.4 Å². The molecule has 1 saturated heterocycles. The lowest BCUT2D eigenvalue weighted by atomic mass is 9.99. The lowest BCUT2D eigenvalue weighted by Crippen LogP contribution is -2.60. The third kappa shape index (κ3) is 17.6.